The molecule has 2 aromatic carbocycles. The van der Waals surface area contributed by atoms with Crippen molar-refractivity contribution in [1.82, 2.24) is 10.3 Å². The maximum Gasteiger partial charge on any atom is 0.220 e. The van der Waals surface area contributed by atoms with Crippen LogP contribution in [0.2, 0.25) is 0 Å². The summed E-state index contributed by atoms with van der Waals surface area (Å²) in [6.07, 6.45) is 2.60. The Kier molecular flexibility index (Phi) is 5.03. The van der Waals surface area contributed by atoms with Crippen LogP contribution in [0, 0.1) is 0 Å². The van der Waals surface area contributed by atoms with Crippen LogP contribution in [-0.2, 0) is 11.3 Å². The fourth-order valence-electron chi connectivity index (χ4n) is 2.39. The third-order valence-corrected chi connectivity index (χ3v) is 4.83. The Morgan fingerprint density at radius 1 is 1.13 bits per heavy atom. The second kappa shape index (κ2) is 7.38. The van der Waals surface area contributed by atoms with Crippen LogP contribution in [0.4, 0.5) is 0 Å². The summed E-state index contributed by atoms with van der Waals surface area (Å²) in [7, 11) is 0. The number of hydrogen-bond acceptors (Lipinski definition) is 3. The number of thiazole rings is 1. The zero-order valence-corrected chi connectivity index (χ0v) is 14.0. The summed E-state index contributed by atoms with van der Waals surface area (Å²) in [5.74, 6) is 0.127. The number of para-hydroxylation sites is 1. The van der Waals surface area contributed by atoms with E-state index in [9.17, 15) is 4.79 Å². The number of fused-ring (bicyclic) bond motifs is 1. The summed E-state index contributed by atoms with van der Waals surface area (Å²) < 4.78 is 1.20. The number of nitrogens with zero attached hydrogens (tertiary/aromatic N) is 1. The Bertz CT molecular complexity index is 759. The number of hydrogen-bond donors (Lipinski definition) is 1. The van der Waals surface area contributed by atoms with Gasteiger partial charge in [-0.25, -0.2) is 4.98 Å². The zero-order valence-electron chi connectivity index (χ0n) is 13.2. The molecule has 0 aliphatic rings. The van der Waals surface area contributed by atoms with Crippen molar-refractivity contribution in [2.24, 2.45) is 0 Å². The number of carbonyl (C=O) groups excluding carboxylic acids is 1. The minimum atomic E-state index is 0.127. The van der Waals surface area contributed by atoms with E-state index in [1.165, 1.54) is 4.70 Å². The molecule has 0 unspecified atom stereocenters. The predicted molar refractivity (Wildman–Crippen MR) is 96.4 cm³/mol. The van der Waals surface area contributed by atoms with Gasteiger partial charge in [-0.15, -0.1) is 11.3 Å². The molecule has 1 heterocycles. The molecule has 3 nitrogen and oxygen atoms in total. The minimum absolute atomic E-state index is 0.127. The molecule has 3 aromatic rings. The van der Waals surface area contributed by atoms with Gasteiger partial charge in [0.25, 0.3) is 0 Å². The molecular formula is C19H20N2OS. The van der Waals surface area contributed by atoms with Crippen LogP contribution in [0.25, 0.3) is 20.8 Å². The van der Waals surface area contributed by atoms with E-state index >= 15 is 0 Å². The predicted octanol–water partition coefficient (Wildman–Crippen LogP) is 4.77. The van der Waals surface area contributed by atoms with Gasteiger partial charge in [-0.3, -0.25) is 4.79 Å². The van der Waals surface area contributed by atoms with E-state index in [2.05, 4.69) is 47.6 Å². The molecule has 0 saturated carbocycles. The van der Waals surface area contributed by atoms with Crippen molar-refractivity contribution in [2.45, 2.75) is 32.7 Å². The molecule has 0 radical (unpaired) electrons. The van der Waals surface area contributed by atoms with Crippen LogP contribution in [-0.4, -0.2) is 10.9 Å². The van der Waals surface area contributed by atoms with E-state index in [1.54, 1.807) is 11.3 Å². The van der Waals surface area contributed by atoms with Gasteiger partial charge in [0.05, 0.1) is 10.2 Å². The highest BCUT2D eigenvalue weighted by molar-refractivity contribution is 7.21. The summed E-state index contributed by atoms with van der Waals surface area (Å²) in [5.41, 5.74) is 3.27. The lowest BCUT2D eigenvalue weighted by Gasteiger charge is -2.05. The van der Waals surface area contributed by atoms with E-state index in [4.69, 9.17) is 0 Å². The van der Waals surface area contributed by atoms with Gasteiger partial charge in [-0.05, 0) is 24.1 Å². The van der Waals surface area contributed by atoms with Crippen molar-refractivity contribution < 1.29 is 4.79 Å². The quantitative estimate of drug-likeness (QED) is 0.709. The first-order chi connectivity index (χ1) is 11.3. The van der Waals surface area contributed by atoms with Crippen LogP contribution in [0.15, 0.2) is 48.5 Å². The number of amides is 1. The number of rotatable bonds is 6. The van der Waals surface area contributed by atoms with Crippen LogP contribution in [0.1, 0.15) is 31.7 Å². The van der Waals surface area contributed by atoms with Crippen molar-refractivity contribution >= 4 is 27.5 Å². The molecule has 0 fully saturated rings. The third kappa shape index (κ3) is 3.96. The summed E-state index contributed by atoms with van der Waals surface area (Å²) in [6.45, 7) is 2.68. The monoisotopic (exact) mass is 324 g/mol. The Labute approximate surface area is 140 Å². The van der Waals surface area contributed by atoms with Crippen molar-refractivity contribution in [3.63, 3.8) is 0 Å². The van der Waals surface area contributed by atoms with Crippen LogP contribution < -0.4 is 5.32 Å². The Morgan fingerprint density at radius 3 is 2.65 bits per heavy atom. The fourth-order valence-corrected chi connectivity index (χ4v) is 3.36. The average Bonchev–Trinajstić information content (AvgIpc) is 3.02. The Balaban J connectivity index is 1.66. The molecule has 0 atom stereocenters. The van der Waals surface area contributed by atoms with Gasteiger partial charge < -0.3 is 5.32 Å². The topological polar surface area (TPSA) is 42.0 Å². The van der Waals surface area contributed by atoms with Gasteiger partial charge in [0.15, 0.2) is 0 Å². The number of benzene rings is 2. The molecule has 1 amide bonds. The molecule has 0 aliphatic carbocycles. The summed E-state index contributed by atoms with van der Waals surface area (Å²) in [5, 5.41) is 3.99. The lowest BCUT2D eigenvalue weighted by atomic mass is 10.1. The van der Waals surface area contributed by atoms with Gasteiger partial charge >= 0.3 is 0 Å². The SMILES string of the molecule is CCCCC(=O)NCc1ccc(-c2nc3ccccc3s2)cc1. The highest BCUT2D eigenvalue weighted by Crippen LogP contribution is 2.29. The second-order valence-electron chi connectivity index (χ2n) is 5.56. The first-order valence-electron chi connectivity index (χ1n) is 7.98. The molecular weight excluding hydrogens is 304 g/mol. The molecule has 0 aliphatic heterocycles. The lowest BCUT2D eigenvalue weighted by molar-refractivity contribution is -0.121. The minimum Gasteiger partial charge on any atom is -0.352 e. The van der Waals surface area contributed by atoms with Crippen LogP contribution in [0.3, 0.4) is 0 Å². The number of unbranched alkanes of at least 4 members (excludes halogenated alkanes) is 1. The third-order valence-electron chi connectivity index (χ3n) is 3.74. The summed E-state index contributed by atoms with van der Waals surface area (Å²) >= 11 is 1.70. The van der Waals surface area contributed by atoms with Crippen molar-refractivity contribution in [3.05, 3.63) is 54.1 Å². The normalized spacial score (nSPS) is 10.8. The summed E-state index contributed by atoms with van der Waals surface area (Å²) in [4.78, 5) is 16.3. The highest BCUT2D eigenvalue weighted by atomic mass is 32.1. The molecule has 23 heavy (non-hydrogen) atoms. The van der Waals surface area contributed by atoms with Crippen molar-refractivity contribution in [3.8, 4) is 10.6 Å². The maximum absolute atomic E-state index is 11.6. The van der Waals surface area contributed by atoms with Gasteiger partial charge in [0.1, 0.15) is 5.01 Å². The van der Waals surface area contributed by atoms with Crippen LogP contribution in [0.5, 0.6) is 0 Å². The fraction of sp³-hybridized carbons (Fsp3) is 0.263. The van der Waals surface area contributed by atoms with Crippen molar-refractivity contribution in [2.75, 3.05) is 0 Å². The van der Waals surface area contributed by atoms with E-state index in [1.807, 2.05) is 18.2 Å². The molecule has 1 aromatic heterocycles. The van der Waals surface area contributed by atoms with E-state index < -0.39 is 0 Å². The van der Waals surface area contributed by atoms with Gasteiger partial charge in [-0.2, -0.15) is 0 Å². The average molecular weight is 324 g/mol. The second-order valence-corrected chi connectivity index (χ2v) is 6.59. The Hall–Kier alpha value is -2.20. The summed E-state index contributed by atoms with van der Waals surface area (Å²) in [6, 6.07) is 16.4. The molecule has 0 bridgehead atoms. The Morgan fingerprint density at radius 2 is 1.91 bits per heavy atom. The molecule has 3 rings (SSSR count). The van der Waals surface area contributed by atoms with Gasteiger partial charge in [0, 0.05) is 18.5 Å². The van der Waals surface area contributed by atoms with Crippen LogP contribution >= 0.6 is 11.3 Å². The van der Waals surface area contributed by atoms with Crippen molar-refractivity contribution in [1.29, 1.82) is 0 Å². The molecule has 1 N–H and O–H groups in total. The van der Waals surface area contributed by atoms with Gasteiger partial charge in [-0.1, -0.05) is 49.7 Å². The first kappa shape index (κ1) is 15.7. The largest absolute Gasteiger partial charge is 0.352 e. The van der Waals surface area contributed by atoms with Gasteiger partial charge in [0.2, 0.25) is 5.91 Å². The number of nitrogens with one attached hydrogen (secondary N) is 1. The number of aromatic nitrogens is 1. The highest BCUT2D eigenvalue weighted by Gasteiger charge is 2.06. The smallest absolute Gasteiger partial charge is 0.220 e. The standard InChI is InChI=1S/C19H20N2OS/c1-2-3-8-18(22)20-13-14-9-11-15(12-10-14)19-21-16-6-4-5-7-17(16)23-19/h4-7,9-12H,2-3,8,13H2,1H3,(H,20,22). The van der Waals surface area contributed by atoms with E-state index in [-0.39, 0.29) is 5.91 Å². The molecule has 4 heteroatoms. The maximum atomic E-state index is 11.6. The molecule has 118 valence electrons. The first-order valence-corrected chi connectivity index (χ1v) is 8.79. The number of carbonyl (C=O) groups is 1. The van der Waals surface area contributed by atoms with E-state index in [0.29, 0.717) is 13.0 Å². The lowest BCUT2D eigenvalue weighted by Crippen LogP contribution is -2.22. The molecule has 0 spiro atoms. The zero-order chi connectivity index (χ0) is 16.1. The molecule has 0 saturated heterocycles. The van der Waals surface area contributed by atoms with E-state index in [0.717, 1.165) is 34.5 Å².